The van der Waals surface area contributed by atoms with Crippen LogP contribution in [0.15, 0.2) is 6.33 Å². The molecule has 110 valence electrons. The highest BCUT2D eigenvalue weighted by atomic mass is 16.6. The molecule has 7 nitrogen and oxygen atoms in total. The minimum atomic E-state index is -1.05. The number of hydrogen-bond acceptors (Lipinski definition) is 4. The largest absolute Gasteiger partial charge is 0.480 e. The van der Waals surface area contributed by atoms with E-state index < -0.39 is 23.7 Å². The standard InChI is InChI=1S/C13H19N3O4/c1-13(2,3)20-12(19)16-6-10-8(14-7-15(10)4)5-9(16)11(17)18/h7,9H,5-6H2,1-4H3,(H,17,18). The van der Waals surface area contributed by atoms with Crippen LogP contribution >= 0.6 is 0 Å². The molecule has 1 N–H and O–H groups in total. The topological polar surface area (TPSA) is 84.7 Å². The fourth-order valence-electron chi connectivity index (χ4n) is 2.18. The van der Waals surface area contributed by atoms with E-state index in [-0.39, 0.29) is 13.0 Å². The van der Waals surface area contributed by atoms with Crippen molar-refractivity contribution in [3.05, 3.63) is 17.7 Å². The Labute approximate surface area is 117 Å². The van der Waals surface area contributed by atoms with Crippen LogP contribution in [0.2, 0.25) is 0 Å². The van der Waals surface area contributed by atoms with Gasteiger partial charge in [-0.3, -0.25) is 4.90 Å². The molecule has 0 fully saturated rings. The molecule has 1 aliphatic heterocycles. The summed E-state index contributed by atoms with van der Waals surface area (Å²) in [7, 11) is 1.82. The summed E-state index contributed by atoms with van der Waals surface area (Å²) >= 11 is 0. The van der Waals surface area contributed by atoms with E-state index in [0.717, 1.165) is 11.4 Å². The van der Waals surface area contributed by atoms with E-state index in [9.17, 15) is 14.7 Å². The number of aryl methyl sites for hydroxylation is 1. The van der Waals surface area contributed by atoms with Gasteiger partial charge in [0.15, 0.2) is 0 Å². The van der Waals surface area contributed by atoms with E-state index >= 15 is 0 Å². The summed E-state index contributed by atoms with van der Waals surface area (Å²) in [5.41, 5.74) is 0.903. The predicted octanol–water partition coefficient (Wildman–Crippen LogP) is 1.17. The summed E-state index contributed by atoms with van der Waals surface area (Å²) in [5, 5.41) is 9.30. The van der Waals surface area contributed by atoms with E-state index in [1.807, 2.05) is 7.05 Å². The molecule has 2 rings (SSSR count). The Kier molecular flexibility index (Phi) is 3.45. The van der Waals surface area contributed by atoms with Gasteiger partial charge in [0.1, 0.15) is 11.6 Å². The van der Waals surface area contributed by atoms with Crippen LogP contribution in [0, 0.1) is 0 Å². The molecule has 0 radical (unpaired) electrons. The Morgan fingerprint density at radius 3 is 2.65 bits per heavy atom. The van der Waals surface area contributed by atoms with Gasteiger partial charge in [-0.05, 0) is 20.8 Å². The van der Waals surface area contributed by atoms with Gasteiger partial charge in [0.2, 0.25) is 0 Å². The van der Waals surface area contributed by atoms with Crippen LogP contribution in [-0.4, -0.2) is 43.3 Å². The third-order valence-electron chi connectivity index (χ3n) is 3.14. The Bertz CT molecular complexity index is 544. The zero-order valence-electron chi connectivity index (χ0n) is 12.1. The van der Waals surface area contributed by atoms with Crippen LogP contribution in [-0.2, 0) is 29.5 Å². The van der Waals surface area contributed by atoms with Crippen molar-refractivity contribution in [2.75, 3.05) is 0 Å². The van der Waals surface area contributed by atoms with Crippen LogP contribution in [0.5, 0.6) is 0 Å². The monoisotopic (exact) mass is 281 g/mol. The van der Waals surface area contributed by atoms with Crippen LogP contribution in [0.1, 0.15) is 32.2 Å². The van der Waals surface area contributed by atoms with Crippen LogP contribution in [0.4, 0.5) is 4.79 Å². The number of fused-ring (bicyclic) bond motifs is 1. The van der Waals surface area contributed by atoms with Crippen molar-refractivity contribution in [1.82, 2.24) is 14.5 Å². The number of carbonyl (C=O) groups excluding carboxylic acids is 1. The third-order valence-corrected chi connectivity index (χ3v) is 3.14. The van der Waals surface area contributed by atoms with Gasteiger partial charge in [0.05, 0.1) is 24.3 Å². The van der Waals surface area contributed by atoms with Crippen molar-refractivity contribution in [1.29, 1.82) is 0 Å². The first-order valence-corrected chi connectivity index (χ1v) is 6.40. The van der Waals surface area contributed by atoms with Crippen LogP contribution in [0.25, 0.3) is 0 Å². The molecule has 0 bridgehead atoms. The van der Waals surface area contributed by atoms with Crippen molar-refractivity contribution in [3.8, 4) is 0 Å². The van der Waals surface area contributed by atoms with Gasteiger partial charge in [-0.1, -0.05) is 0 Å². The molecule has 1 amide bonds. The second-order valence-corrected chi connectivity index (χ2v) is 5.92. The number of ether oxygens (including phenoxy) is 1. The number of hydrogen-bond donors (Lipinski definition) is 1. The minimum Gasteiger partial charge on any atom is -0.480 e. The number of aliphatic carboxylic acids is 1. The Hall–Kier alpha value is -2.05. The van der Waals surface area contributed by atoms with Crippen molar-refractivity contribution in [2.24, 2.45) is 7.05 Å². The lowest BCUT2D eigenvalue weighted by Gasteiger charge is -2.34. The SMILES string of the molecule is Cn1cnc2c1CN(C(=O)OC(C)(C)C)C(C(=O)O)C2. The summed E-state index contributed by atoms with van der Waals surface area (Å²) in [6.45, 7) is 5.44. The van der Waals surface area contributed by atoms with Gasteiger partial charge in [-0.2, -0.15) is 0 Å². The van der Waals surface area contributed by atoms with Crippen molar-refractivity contribution in [2.45, 2.75) is 45.4 Å². The molecule has 0 aromatic carbocycles. The maximum absolute atomic E-state index is 12.2. The molecular formula is C13H19N3O4. The molecule has 1 aromatic rings. The zero-order valence-corrected chi connectivity index (χ0v) is 12.1. The summed E-state index contributed by atoms with van der Waals surface area (Å²) in [6, 6.07) is -0.938. The quantitative estimate of drug-likeness (QED) is 0.835. The van der Waals surface area contributed by atoms with E-state index in [4.69, 9.17) is 4.74 Å². The zero-order chi connectivity index (χ0) is 15.1. The van der Waals surface area contributed by atoms with Crippen molar-refractivity contribution >= 4 is 12.1 Å². The summed E-state index contributed by atoms with van der Waals surface area (Å²) in [4.78, 5) is 29.0. The van der Waals surface area contributed by atoms with Gasteiger partial charge >= 0.3 is 12.1 Å². The molecule has 1 aliphatic rings. The van der Waals surface area contributed by atoms with Crippen molar-refractivity contribution < 1.29 is 19.4 Å². The normalized spacial score (nSPS) is 18.6. The average molecular weight is 281 g/mol. The first kappa shape index (κ1) is 14.4. The molecule has 0 aliphatic carbocycles. The number of aromatic nitrogens is 2. The van der Waals surface area contributed by atoms with Gasteiger partial charge < -0.3 is 14.4 Å². The van der Waals surface area contributed by atoms with E-state index in [1.54, 1.807) is 31.7 Å². The number of carboxylic acids is 1. The fourth-order valence-corrected chi connectivity index (χ4v) is 2.18. The summed E-state index contributed by atoms with van der Waals surface area (Å²) in [5.74, 6) is -1.05. The third kappa shape index (κ3) is 2.76. The molecule has 7 heteroatoms. The minimum absolute atomic E-state index is 0.192. The lowest BCUT2D eigenvalue weighted by molar-refractivity contribution is -0.143. The fraction of sp³-hybridized carbons (Fsp3) is 0.615. The molecule has 1 aromatic heterocycles. The second-order valence-electron chi connectivity index (χ2n) is 5.92. The molecule has 1 unspecified atom stereocenters. The molecule has 2 heterocycles. The number of rotatable bonds is 1. The molecule has 0 saturated carbocycles. The highest BCUT2D eigenvalue weighted by molar-refractivity contribution is 5.81. The van der Waals surface area contributed by atoms with E-state index in [1.165, 1.54) is 4.90 Å². The lowest BCUT2D eigenvalue weighted by atomic mass is 10.0. The van der Waals surface area contributed by atoms with Crippen LogP contribution in [0.3, 0.4) is 0 Å². The maximum Gasteiger partial charge on any atom is 0.411 e. The first-order chi connectivity index (χ1) is 9.19. The average Bonchev–Trinajstić information content (AvgIpc) is 2.67. The number of carboxylic acid groups (broad SMARTS) is 1. The molecule has 0 saturated heterocycles. The summed E-state index contributed by atoms with van der Waals surface area (Å²) < 4.78 is 7.08. The van der Waals surface area contributed by atoms with Crippen molar-refractivity contribution in [3.63, 3.8) is 0 Å². The Morgan fingerprint density at radius 2 is 2.10 bits per heavy atom. The Morgan fingerprint density at radius 1 is 1.45 bits per heavy atom. The maximum atomic E-state index is 12.2. The molecule has 1 atom stereocenters. The predicted molar refractivity (Wildman–Crippen MR) is 70.1 cm³/mol. The van der Waals surface area contributed by atoms with Crippen LogP contribution < -0.4 is 0 Å². The smallest absolute Gasteiger partial charge is 0.411 e. The molecular weight excluding hydrogens is 262 g/mol. The van der Waals surface area contributed by atoms with E-state index in [2.05, 4.69) is 4.98 Å². The highest BCUT2D eigenvalue weighted by Gasteiger charge is 2.38. The molecule has 0 spiro atoms. The van der Waals surface area contributed by atoms with E-state index in [0.29, 0.717) is 0 Å². The van der Waals surface area contributed by atoms with Gasteiger partial charge in [0.25, 0.3) is 0 Å². The highest BCUT2D eigenvalue weighted by Crippen LogP contribution is 2.24. The number of imidazole rings is 1. The lowest BCUT2D eigenvalue weighted by Crippen LogP contribution is -2.50. The number of nitrogens with zero attached hydrogens (tertiary/aromatic N) is 3. The summed E-state index contributed by atoms with van der Waals surface area (Å²) in [6.07, 6.45) is 1.21. The van der Waals surface area contributed by atoms with Gasteiger partial charge in [-0.25, -0.2) is 14.6 Å². The Balaban J connectivity index is 2.28. The second kappa shape index (κ2) is 4.81. The first-order valence-electron chi connectivity index (χ1n) is 6.40. The number of amides is 1. The van der Waals surface area contributed by atoms with Gasteiger partial charge in [0, 0.05) is 13.5 Å². The number of carbonyl (C=O) groups is 2. The van der Waals surface area contributed by atoms with Gasteiger partial charge in [-0.15, -0.1) is 0 Å². The molecule has 20 heavy (non-hydrogen) atoms.